The number of rotatable bonds is 6. The Balaban J connectivity index is 1.47. The number of thioether (sulfide) groups is 1. The number of ether oxygens (including phenoxy) is 1. The summed E-state index contributed by atoms with van der Waals surface area (Å²) in [5.74, 6) is -0.800. The minimum atomic E-state index is -0.525. The highest BCUT2D eigenvalue weighted by Crippen LogP contribution is 2.29. The molecule has 0 fully saturated rings. The summed E-state index contributed by atoms with van der Waals surface area (Å²) in [6.45, 7) is -0.271. The number of esters is 1. The molecule has 0 saturated carbocycles. The van der Waals surface area contributed by atoms with Crippen LogP contribution in [0.2, 0.25) is 0 Å². The van der Waals surface area contributed by atoms with E-state index in [9.17, 15) is 9.59 Å². The molecule has 1 N–H and O–H groups in total. The second kappa shape index (κ2) is 9.42. The van der Waals surface area contributed by atoms with Gasteiger partial charge in [0.2, 0.25) is 0 Å². The number of amides is 1. The van der Waals surface area contributed by atoms with Crippen molar-refractivity contribution in [3.63, 3.8) is 0 Å². The first kappa shape index (κ1) is 19.2. The fourth-order valence-electron chi connectivity index (χ4n) is 3.20. The minimum absolute atomic E-state index is 0.00774. The molecule has 140 valence electrons. The van der Waals surface area contributed by atoms with E-state index >= 15 is 0 Å². The normalized spacial score (nSPS) is 16.0. The summed E-state index contributed by atoms with van der Waals surface area (Å²) in [4.78, 5) is 25.2. The molecule has 0 aromatic heterocycles. The molecule has 0 aliphatic heterocycles. The molecule has 27 heavy (non-hydrogen) atoms. The van der Waals surface area contributed by atoms with E-state index < -0.39 is 5.97 Å². The van der Waals surface area contributed by atoms with Gasteiger partial charge in [0.15, 0.2) is 6.61 Å². The third-order valence-electron chi connectivity index (χ3n) is 4.58. The number of fused-ring (bicyclic) bond motifs is 1. The van der Waals surface area contributed by atoms with Crippen LogP contribution in [-0.4, -0.2) is 24.7 Å². The third kappa shape index (κ3) is 5.47. The first-order valence-corrected chi connectivity index (χ1v) is 10.2. The van der Waals surface area contributed by atoms with Gasteiger partial charge >= 0.3 is 5.97 Å². The summed E-state index contributed by atoms with van der Waals surface area (Å²) in [5, 5.41) is 2.97. The summed E-state index contributed by atoms with van der Waals surface area (Å²) in [6.07, 6.45) is 8.03. The van der Waals surface area contributed by atoms with Crippen LogP contribution in [0.5, 0.6) is 0 Å². The molecular weight excluding hydrogens is 358 g/mol. The third-order valence-corrected chi connectivity index (χ3v) is 5.32. The van der Waals surface area contributed by atoms with E-state index in [2.05, 4.69) is 17.4 Å². The lowest BCUT2D eigenvalue weighted by Crippen LogP contribution is -2.34. The van der Waals surface area contributed by atoms with Gasteiger partial charge in [-0.15, -0.1) is 11.8 Å². The van der Waals surface area contributed by atoms with Crippen LogP contribution in [0.4, 0.5) is 0 Å². The Hall–Kier alpha value is -2.53. The van der Waals surface area contributed by atoms with Gasteiger partial charge in [0, 0.05) is 11.0 Å². The van der Waals surface area contributed by atoms with Crippen LogP contribution in [0.15, 0.2) is 59.5 Å². The van der Waals surface area contributed by atoms with E-state index in [1.807, 2.05) is 42.7 Å². The van der Waals surface area contributed by atoms with E-state index in [0.717, 1.165) is 35.3 Å². The zero-order chi connectivity index (χ0) is 19.1. The van der Waals surface area contributed by atoms with Crippen LogP contribution in [0, 0.1) is 0 Å². The van der Waals surface area contributed by atoms with Gasteiger partial charge in [-0.05, 0) is 60.4 Å². The van der Waals surface area contributed by atoms with E-state index in [4.69, 9.17) is 4.74 Å². The lowest BCUT2D eigenvalue weighted by molar-refractivity contribution is -0.144. The first-order valence-electron chi connectivity index (χ1n) is 9.02. The lowest BCUT2D eigenvalue weighted by Gasteiger charge is -2.26. The van der Waals surface area contributed by atoms with Crippen LogP contribution in [0.3, 0.4) is 0 Å². The number of carbonyl (C=O) groups is 2. The highest BCUT2D eigenvalue weighted by molar-refractivity contribution is 7.98. The molecule has 0 radical (unpaired) electrons. The van der Waals surface area contributed by atoms with Gasteiger partial charge in [0.1, 0.15) is 0 Å². The Kier molecular flexibility index (Phi) is 6.71. The maximum Gasteiger partial charge on any atom is 0.331 e. The first-order chi connectivity index (χ1) is 13.2. The van der Waals surface area contributed by atoms with Crippen molar-refractivity contribution in [2.45, 2.75) is 30.2 Å². The number of nitrogens with one attached hydrogen (secondary N) is 1. The molecule has 1 aliphatic rings. The highest BCUT2D eigenvalue weighted by atomic mass is 32.2. The molecule has 2 aromatic carbocycles. The number of hydrogen-bond acceptors (Lipinski definition) is 4. The topological polar surface area (TPSA) is 55.4 Å². The number of carbonyl (C=O) groups excluding carboxylic acids is 2. The lowest BCUT2D eigenvalue weighted by atomic mass is 9.88. The molecule has 0 bridgehead atoms. The van der Waals surface area contributed by atoms with Gasteiger partial charge < -0.3 is 10.1 Å². The van der Waals surface area contributed by atoms with Crippen molar-refractivity contribution < 1.29 is 14.3 Å². The molecule has 1 amide bonds. The van der Waals surface area contributed by atoms with Crippen LogP contribution in [-0.2, 0) is 20.7 Å². The van der Waals surface area contributed by atoms with E-state index in [0.29, 0.717) is 0 Å². The minimum Gasteiger partial charge on any atom is -0.452 e. The number of aryl methyl sites for hydroxylation is 1. The van der Waals surface area contributed by atoms with Crippen molar-refractivity contribution >= 4 is 29.7 Å². The largest absolute Gasteiger partial charge is 0.452 e. The molecule has 1 aliphatic carbocycles. The summed E-state index contributed by atoms with van der Waals surface area (Å²) in [6, 6.07) is 16.0. The van der Waals surface area contributed by atoms with Crippen molar-refractivity contribution in [3.8, 4) is 0 Å². The summed E-state index contributed by atoms with van der Waals surface area (Å²) in [7, 11) is 0. The number of benzene rings is 2. The standard InChI is InChI=1S/C22H23NO3S/c1-27-18-12-9-16(10-13-18)11-14-22(25)26-15-21(24)23-20-8-4-6-17-5-2-3-7-19(17)20/h2-3,5,7,9-14,20H,4,6,8,15H2,1H3,(H,23,24)/b14-11+/t20-/m0/s1. The Morgan fingerprint density at radius 2 is 1.96 bits per heavy atom. The smallest absolute Gasteiger partial charge is 0.331 e. The van der Waals surface area contributed by atoms with Crippen molar-refractivity contribution in [2.24, 2.45) is 0 Å². The van der Waals surface area contributed by atoms with Crippen LogP contribution >= 0.6 is 11.8 Å². The predicted molar refractivity (Wildman–Crippen MR) is 108 cm³/mol. The van der Waals surface area contributed by atoms with Crippen LogP contribution < -0.4 is 5.32 Å². The van der Waals surface area contributed by atoms with Gasteiger partial charge in [0.25, 0.3) is 5.91 Å². The second-order valence-corrected chi connectivity index (χ2v) is 7.30. The van der Waals surface area contributed by atoms with Gasteiger partial charge in [-0.1, -0.05) is 36.4 Å². The molecule has 1 atom stereocenters. The SMILES string of the molecule is CSc1ccc(/C=C/C(=O)OCC(=O)N[C@H]2CCCc3ccccc32)cc1. The Bertz CT molecular complexity index is 830. The average molecular weight is 381 g/mol. The zero-order valence-corrected chi connectivity index (χ0v) is 16.1. The monoisotopic (exact) mass is 381 g/mol. The molecule has 0 spiro atoms. The molecular formula is C22H23NO3S. The van der Waals surface area contributed by atoms with Gasteiger partial charge in [0.05, 0.1) is 6.04 Å². The molecule has 2 aromatic rings. The number of hydrogen-bond donors (Lipinski definition) is 1. The van der Waals surface area contributed by atoms with E-state index in [1.165, 1.54) is 11.6 Å². The zero-order valence-electron chi connectivity index (χ0n) is 15.3. The van der Waals surface area contributed by atoms with Crippen molar-refractivity contribution in [1.29, 1.82) is 0 Å². The molecule has 0 heterocycles. The molecule has 3 rings (SSSR count). The predicted octanol–water partition coefficient (Wildman–Crippen LogP) is 4.16. The van der Waals surface area contributed by atoms with Gasteiger partial charge in [-0.2, -0.15) is 0 Å². The van der Waals surface area contributed by atoms with Gasteiger partial charge in [-0.25, -0.2) is 4.79 Å². The summed E-state index contributed by atoms with van der Waals surface area (Å²) >= 11 is 1.66. The van der Waals surface area contributed by atoms with Crippen molar-refractivity contribution in [1.82, 2.24) is 5.32 Å². The van der Waals surface area contributed by atoms with Crippen LogP contribution in [0.25, 0.3) is 6.08 Å². The van der Waals surface area contributed by atoms with Crippen LogP contribution in [0.1, 0.15) is 35.6 Å². The Morgan fingerprint density at radius 3 is 2.74 bits per heavy atom. The highest BCUT2D eigenvalue weighted by Gasteiger charge is 2.21. The Morgan fingerprint density at radius 1 is 1.19 bits per heavy atom. The molecule has 5 heteroatoms. The Labute approximate surface area is 164 Å². The summed E-state index contributed by atoms with van der Waals surface area (Å²) < 4.78 is 5.06. The van der Waals surface area contributed by atoms with Crippen molar-refractivity contribution in [2.75, 3.05) is 12.9 Å². The van der Waals surface area contributed by atoms with Gasteiger partial charge in [-0.3, -0.25) is 4.79 Å². The molecule has 0 saturated heterocycles. The average Bonchev–Trinajstić information content (AvgIpc) is 2.71. The van der Waals surface area contributed by atoms with E-state index in [-0.39, 0.29) is 18.6 Å². The fraction of sp³-hybridized carbons (Fsp3) is 0.273. The van der Waals surface area contributed by atoms with Crippen molar-refractivity contribution in [3.05, 3.63) is 71.3 Å². The maximum absolute atomic E-state index is 12.2. The second-order valence-electron chi connectivity index (χ2n) is 6.43. The summed E-state index contributed by atoms with van der Waals surface area (Å²) in [5.41, 5.74) is 3.35. The van der Waals surface area contributed by atoms with E-state index in [1.54, 1.807) is 17.8 Å². The maximum atomic E-state index is 12.2. The fourth-order valence-corrected chi connectivity index (χ4v) is 3.61. The molecule has 4 nitrogen and oxygen atoms in total. The molecule has 0 unspecified atom stereocenters. The quantitative estimate of drug-likeness (QED) is 0.464.